The molecule has 88 valence electrons. The fourth-order valence-corrected chi connectivity index (χ4v) is 2.61. The molecular formula is C13H18ClNO. The maximum atomic E-state index is 6.01. The summed E-state index contributed by atoms with van der Waals surface area (Å²) in [5, 5.41) is 0. The van der Waals surface area contributed by atoms with Gasteiger partial charge in [-0.15, -0.1) is 11.6 Å². The molecule has 0 spiro atoms. The van der Waals surface area contributed by atoms with Gasteiger partial charge in [-0.2, -0.15) is 0 Å². The zero-order valence-electron chi connectivity index (χ0n) is 9.60. The first kappa shape index (κ1) is 11.9. The number of halogens is 1. The zero-order valence-corrected chi connectivity index (χ0v) is 10.4. The third kappa shape index (κ3) is 2.76. The van der Waals surface area contributed by atoms with Crippen molar-refractivity contribution in [3.05, 3.63) is 35.9 Å². The molecule has 2 unspecified atom stereocenters. The van der Waals surface area contributed by atoms with Crippen LogP contribution in [-0.4, -0.2) is 36.1 Å². The number of rotatable bonds is 3. The van der Waals surface area contributed by atoms with Crippen molar-refractivity contribution in [3.8, 4) is 0 Å². The van der Waals surface area contributed by atoms with Gasteiger partial charge in [-0.25, -0.2) is 0 Å². The van der Waals surface area contributed by atoms with Crippen molar-refractivity contribution in [1.29, 1.82) is 0 Å². The Hall–Kier alpha value is -0.570. The number of nitrogens with zero attached hydrogens (tertiary/aromatic N) is 1. The molecule has 0 N–H and O–H groups in total. The van der Waals surface area contributed by atoms with Crippen LogP contribution in [0.5, 0.6) is 0 Å². The standard InChI is InChI=1S/C13H18ClNO/c1-11-13(9-14)15(7-8-16-11)10-12-5-3-2-4-6-12/h2-6,11,13H,7-10H2,1H3. The first-order valence-electron chi connectivity index (χ1n) is 5.77. The Morgan fingerprint density at radius 1 is 1.38 bits per heavy atom. The van der Waals surface area contributed by atoms with Gasteiger partial charge in [-0.05, 0) is 12.5 Å². The summed E-state index contributed by atoms with van der Waals surface area (Å²) >= 11 is 6.01. The maximum absolute atomic E-state index is 6.01. The van der Waals surface area contributed by atoms with E-state index < -0.39 is 0 Å². The topological polar surface area (TPSA) is 12.5 Å². The molecule has 0 bridgehead atoms. The second-order valence-corrected chi connectivity index (χ2v) is 4.56. The fraction of sp³-hybridized carbons (Fsp3) is 0.538. The highest BCUT2D eigenvalue weighted by Gasteiger charge is 2.28. The Bertz CT molecular complexity index is 317. The van der Waals surface area contributed by atoms with Crippen molar-refractivity contribution in [2.75, 3.05) is 19.0 Å². The van der Waals surface area contributed by atoms with Gasteiger partial charge >= 0.3 is 0 Å². The molecular weight excluding hydrogens is 222 g/mol. The van der Waals surface area contributed by atoms with Crippen molar-refractivity contribution in [2.24, 2.45) is 0 Å². The molecule has 1 fully saturated rings. The number of hydrogen-bond acceptors (Lipinski definition) is 2. The van der Waals surface area contributed by atoms with Crippen LogP contribution in [0, 0.1) is 0 Å². The van der Waals surface area contributed by atoms with E-state index in [1.807, 2.05) is 6.07 Å². The summed E-state index contributed by atoms with van der Waals surface area (Å²) in [6.07, 6.45) is 0.231. The molecule has 2 rings (SSSR count). The van der Waals surface area contributed by atoms with Crippen molar-refractivity contribution >= 4 is 11.6 Å². The Morgan fingerprint density at radius 3 is 2.81 bits per heavy atom. The van der Waals surface area contributed by atoms with Crippen LogP contribution in [0.3, 0.4) is 0 Å². The summed E-state index contributed by atoms with van der Waals surface area (Å²) in [6.45, 7) is 4.84. The van der Waals surface area contributed by atoms with E-state index in [0.29, 0.717) is 11.9 Å². The molecule has 3 heteroatoms. The van der Waals surface area contributed by atoms with Crippen LogP contribution in [0.25, 0.3) is 0 Å². The van der Waals surface area contributed by atoms with Gasteiger partial charge in [0.05, 0.1) is 12.7 Å². The van der Waals surface area contributed by atoms with Crippen LogP contribution in [0.4, 0.5) is 0 Å². The average Bonchev–Trinajstić information content (AvgIpc) is 2.31. The molecule has 0 aromatic heterocycles. The zero-order chi connectivity index (χ0) is 11.4. The minimum Gasteiger partial charge on any atom is -0.376 e. The van der Waals surface area contributed by atoms with Gasteiger partial charge in [0.15, 0.2) is 0 Å². The van der Waals surface area contributed by atoms with E-state index in [9.17, 15) is 0 Å². The lowest BCUT2D eigenvalue weighted by atomic mass is 10.1. The number of morpholine rings is 1. The van der Waals surface area contributed by atoms with Crippen LogP contribution in [0.15, 0.2) is 30.3 Å². The molecule has 1 aliphatic heterocycles. The molecule has 0 amide bonds. The second kappa shape index (κ2) is 5.67. The third-order valence-electron chi connectivity index (χ3n) is 3.16. The Labute approximate surface area is 102 Å². The number of alkyl halides is 1. The van der Waals surface area contributed by atoms with E-state index in [2.05, 4.69) is 36.1 Å². The van der Waals surface area contributed by atoms with Crippen LogP contribution in [0.1, 0.15) is 12.5 Å². The van der Waals surface area contributed by atoms with Crippen LogP contribution in [-0.2, 0) is 11.3 Å². The first-order chi connectivity index (χ1) is 7.81. The van der Waals surface area contributed by atoms with Crippen molar-refractivity contribution in [1.82, 2.24) is 4.90 Å². The molecule has 0 radical (unpaired) electrons. The number of ether oxygens (including phenoxy) is 1. The molecule has 1 saturated heterocycles. The van der Waals surface area contributed by atoms with Gasteiger partial charge < -0.3 is 4.74 Å². The van der Waals surface area contributed by atoms with E-state index in [0.717, 1.165) is 19.7 Å². The first-order valence-corrected chi connectivity index (χ1v) is 6.30. The minimum absolute atomic E-state index is 0.231. The van der Waals surface area contributed by atoms with Gasteiger partial charge in [0, 0.05) is 25.0 Å². The van der Waals surface area contributed by atoms with E-state index in [1.165, 1.54) is 5.56 Å². The highest BCUT2D eigenvalue weighted by atomic mass is 35.5. The number of hydrogen-bond donors (Lipinski definition) is 0. The average molecular weight is 240 g/mol. The molecule has 1 heterocycles. The Balaban J connectivity index is 2.02. The monoisotopic (exact) mass is 239 g/mol. The summed E-state index contributed by atoms with van der Waals surface area (Å²) in [6, 6.07) is 10.8. The SMILES string of the molecule is CC1OCCN(Cc2ccccc2)C1CCl. The predicted octanol–water partition coefficient (Wildman–Crippen LogP) is 2.51. The lowest BCUT2D eigenvalue weighted by Gasteiger charge is -2.38. The predicted molar refractivity (Wildman–Crippen MR) is 66.8 cm³/mol. The molecule has 0 aliphatic carbocycles. The van der Waals surface area contributed by atoms with E-state index in [-0.39, 0.29) is 6.10 Å². The van der Waals surface area contributed by atoms with Gasteiger partial charge in [0.1, 0.15) is 0 Å². The largest absolute Gasteiger partial charge is 0.376 e. The lowest BCUT2D eigenvalue weighted by molar-refractivity contribution is -0.0572. The fourth-order valence-electron chi connectivity index (χ4n) is 2.17. The Kier molecular flexibility index (Phi) is 4.22. The normalized spacial score (nSPS) is 26.9. The van der Waals surface area contributed by atoms with Crippen molar-refractivity contribution in [2.45, 2.75) is 25.6 Å². The molecule has 1 aromatic rings. The lowest BCUT2D eigenvalue weighted by Crippen LogP contribution is -2.50. The summed E-state index contributed by atoms with van der Waals surface area (Å²) in [7, 11) is 0. The van der Waals surface area contributed by atoms with Gasteiger partial charge in [-0.3, -0.25) is 4.90 Å². The summed E-state index contributed by atoms with van der Waals surface area (Å²) < 4.78 is 5.62. The summed E-state index contributed by atoms with van der Waals surface area (Å²) in [5.41, 5.74) is 1.34. The Morgan fingerprint density at radius 2 is 2.12 bits per heavy atom. The number of benzene rings is 1. The van der Waals surface area contributed by atoms with E-state index >= 15 is 0 Å². The quantitative estimate of drug-likeness (QED) is 0.752. The smallest absolute Gasteiger partial charge is 0.0714 e. The summed E-state index contributed by atoms with van der Waals surface area (Å²) in [4.78, 5) is 2.41. The second-order valence-electron chi connectivity index (χ2n) is 4.25. The van der Waals surface area contributed by atoms with Gasteiger partial charge in [-0.1, -0.05) is 30.3 Å². The van der Waals surface area contributed by atoms with Gasteiger partial charge in [0.2, 0.25) is 0 Å². The molecule has 2 nitrogen and oxygen atoms in total. The van der Waals surface area contributed by atoms with Crippen molar-refractivity contribution < 1.29 is 4.74 Å². The molecule has 2 atom stereocenters. The summed E-state index contributed by atoms with van der Waals surface area (Å²) in [5.74, 6) is 0.633. The third-order valence-corrected chi connectivity index (χ3v) is 3.47. The van der Waals surface area contributed by atoms with Crippen LogP contribution < -0.4 is 0 Å². The van der Waals surface area contributed by atoms with Crippen molar-refractivity contribution in [3.63, 3.8) is 0 Å². The van der Waals surface area contributed by atoms with Gasteiger partial charge in [0.25, 0.3) is 0 Å². The maximum Gasteiger partial charge on any atom is 0.0714 e. The van der Waals surface area contributed by atoms with E-state index in [1.54, 1.807) is 0 Å². The van der Waals surface area contributed by atoms with Crippen LogP contribution >= 0.6 is 11.6 Å². The van der Waals surface area contributed by atoms with Crippen LogP contribution in [0.2, 0.25) is 0 Å². The molecule has 1 aliphatic rings. The highest BCUT2D eigenvalue weighted by molar-refractivity contribution is 6.18. The molecule has 0 saturated carbocycles. The molecule has 1 aromatic carbocycles. The molecule has 16 heavy (non-hydrogen) atoms. The highest BCUT2D eigenvalue weighted by Crippen LogP contribution is 2.18. The van der Waals surface area contributed by atoms with E-state index in [4.69, 9.17) is 16.3 Å². The minimum atomic E-state index is 0.231.